The molecule has 1 aromatic carbocycles. The first-order valence-corrected chi connectivity index (χ1v) is 5.67. The summed E-state index contributed by atoms with van der Waals surface area (Å²) in [6.45, 7) is 0.721. The Balaban J connectivity index is 2.47. The zero-order valence-electron chi connectivity index (χ0n) is 10.4. The zero-order valence-corrected chi connectivity index (χ0v) is 10.4. The van der Waals surface area contributed by atoms with Crippen molar-refractivity contribution in [3.8, 4) is 16.9 Å². The molecule has 2 aromatic rings. The van der Waals surface area contributed by atoms with Crippen LogP contribution in [-0.2, 0) is 6.54 Å². The van der Waals surface area contributed by atoms with E-state index in [9.17, 15) is 4.39 Å². The van der Waals surface area contributed by atoms with Gasteiger partial charge in [0.2, 0.25) is 0 Å². The Morgan fingerprint density at radius 3 is 2.83 bits per heavy atom. The molecule has 0 saturated carbocycles. The van der Waals surface area contributed by atoms with E-state index in [1.165, 1.54) is 12.1 Å². The highest BCUT2D eigenvalue weighted by Crippen LogP contribution is 2.30. The van der Waals surface area contributed by atoms with Crippen LogP contribution in [0.25, 0.3) is 11.1 Å². The number of rotatable bonds is 4. The molecule has 0 fully saturated rings. The molecule has 0 spiro atoms. The lowest BCUT2D eigenvalue weighted by molar-refractivity contribution is 0.415. The smallest absolute Gasteiger partial charge is 0.126 e. The topological polar surface area (TPSA) is 34.2 Å². The van der Waals surface area contributed by atoms with Crippen LogP contribution in [0.4, 0.5) is 4.39 Å². The number of nitrogens with one attached hydrogen (secondary N) is 1. The normalized spacial score (nSPS) is 10.4. The van der Waals surface area contributed by atoms with Gasteiger partial charge in [-0.25, -0.2) is 4.39 Å². The SMILES string of the molecule is CNCc1cncc(-c2cc(F)ccc2OC)c1. The molecule has 0 aliphatic rings. The summed E-state index contributed by atoms with van der Waals surface area (Å²) in [6.07, 6.45) is 3.49. The largest absolute Gasteiger partial charge is 0.496 e. The van der Waals surface area contributed by atoms with Gasteiger partial charge in [0, 0.05) is 30.1 Å². The Bertz CT molecular complexity index is 543. The van der Waals surface area contributed by atoms with Gasteiger partial charge in [0.15, 0.2) is 0 Å². The van der Waals surface area contributed by atoms with Gasteiger partial charge < -0.3 is 10.1 Å². The molecule has 0 amide bonds. The van der Waals surface area contributed by atoms with Crippen molar-refractivity contribution in [3.63, 3.8) is 0 Å². The molecule has 2 rings (SSSR count). The summed E-state index contributed by atoms with van der Waals surface area (Å²) >= 11 is 0. The monoisotopic (exact) mass is 246 g/mol. The summed E-state index contributed by atoms with van der Waals surface area (Å²) in [5.74, 6) is 0.352. The van der Waals surface area contributed by atoms with E-state index in [0.29, 0.717) is 11.3 Å². The molecule has 1 N–H and O–H groups in total. The van der Waals surface area contributed by atoms with E-state index in [-0.39, 0.29) is 5.82 Å². The molecule has 0 aliphatic heterocycles. The Morgan fingerprint density at radius 1 is 1.28 bits per heavy atom. The minimum atomic E-state index is -0.287. The lowest BCUT2D eigenvalue weighted by Crippen LogP contribution is -2.05. The molecule has 0 atom stereocenters. The first kappa shape index (κ1) is 12.5. The third kappa shape index (κ3) is 2.65. The summed E-state index contributed by atoms with van der Waals surface area (Å²) in [5.41, 5.74) is 2.60. The van der Waals surface area contributed by atoms with Crippen LogP contribution < -0.4 is 10.1 Å². The van der Waals surface area contributed by atoms with Crippen LogP contribution in [0.2, 0.25) is 0 Å². The molecule has 18 heavy (non-hydrogen) atoms. The minimum Gasteiger partial charge on any atom is -0.496 e. The third-order valence-electron chi connectivity index (χ3n) is 2.65. The fourth-order valence-electron chi connectivity index (χ4n) is 1.84. The predicted molar refractivity (Wildman–Crippen MR) is 68.9 cm³/mol. The maximum Gasteiger partial charge on any atom is 0.126 e. The number of nitrogens with zero attached hydrogens (tertiary/aromatic N) is 1. The first-order chi connectivity index (χ1) is 8.74. The first-order valence-electron chi connectivity index (χ1n) is 5.67. The van der Waals surface area contributed by atoms with Crippen LogP contribution in [0.5, 0.6) is 5.75 Å². The van der Waals surface area contributed by atoms with E-state index < -0.39 is 0 Å². The third-order valence-corrected chi connectivity index (χ3v) is 2.65. The molecule has 1 heterocycles. The molecular formula is C14H15FN2O. The molecule has 3 nitrogen and oxygen atoms in total. The summed E-state index contributed by atoms with van der Waals surface area (Å²) in [5, 5.41) is 3.06. The average Bonchev–Trinajstić information content (AvgIpc) is 2.39. The van der Waals surface area contributed by atoms with Crippen LogP contribution in [-0.4, -0.2) is 19.1 Å². The number of hydrogen-bond donors (Lipinski definition) is 1. The van der Waals surface area contributed by atoms with Crippen molar-refractivity contribution in [1.82, 2.24) is 10.3 Å². The van der Waals surface area contributed by atoms with Crippen molar-refractivity contribution in [2.24, 2.45) is 0 Å². The van der Waals surface area contributed by atoms with Crippen molar-refractivity contribution in [2.75, 3.05) is 14.2 Å². The number of aromatic nitrogens is 1. The number of methoxy groups -OCH3 is 1. The van der Waals surface area contributed by atoms with Gasteiger partial charge in [0.25, 0.3) is 0 Å². The van der Waals surface area contributed by atoms with Gasteiger partial charge >= 0.3 is 0 Å². The van der Waals surface area contributed by atoms with Gasteiger partial charge in [-0.1, -0.05) is 0 Å². The molecule has 0 bridgehead atoms. The van der Waals surface area contributed by atoms with Crippen molar-refractivity contribution in [1.29, 1.82) is 0 Å². The maximum absolute atomic E-state index is 13.3. The van der Waals surface area contributed by atoms with E-state index in [1.807, 2.05) is 13.1 Å². The molecule has 0 aliphatic carbocycles. The van der Waals surface area contributed by atoms with Crippen LogP contribution >= 0.6 is 0 Å². The number of hydrogen-bond acceptors (Lipinski definition) is 3. The highest BCUT2D eigenvalue weighted by Gasteiger charge is 2.08. The van der Waals surface area contributed by atoms with Gasteiger partial charge in [-0.05, 0) is 36.9 Å². The van der Waals surface area contributed by atoms with E-state index in [4.69, 9.17) is 4.74 Å². The summed E-state index contributed by atoms with van der Waals surface area (Å²) < 4.78 is 18.6. The van der Waals surface area contributed by atoms with Gasteiger partial charge in [-0.15, -0.1) is 0 Å². The zero-order chi connectivity index (χ0) is 13.0. The van der Waals surface area contributed by atoms with Crippen LogP contribution in [0.3, 0.4) is 0 Å². The number of ether oxygens (including phenoxy) is 1. The summed E-state index contributed by atoms with van der Waals surface area (Å²) in [4.78, 5) is 4.17. The maximum atomic E-state index is 13.3. The van der Waals surface area contributed by atoms with Gasteiger partial charge in [-0.2, -0.15) is 0 Å². The van der Waals surface area contributed by atoms with Crippen LogP contribution in [0.15, 0.2) is 36.7 Å². The Kier molecular flexibility index (Phi) is 3.89. The van der Waals surface area contributed by atoms with E-state index in [2.05, 4.69) is 10.3 Å². The minimum absolute atomic E-state index is 0.287. The molecular weight excluding hydrogens is 231 g/mol. The van der Waals surface area contributed by atoms with Crippen LogP contribution in [0.1, 0.15) is 5.56 Å². The highest BCUT2D eigenvalue weighted by molar-refractivity contribution is 5.70. The van der Waals surface area contributed by atoms with Gasteiger partial charge in [0.05, 0.1) is 7.11 Å². The standard InChI is InChI=1S/C14H15FN2O/c1-16-7-10-5-11(9-17-8-10)13-6-12(15)3-4-14(13)18-2/h3-6,8-9,16H,7H2,1-2H3. The van der Waals surface area contributed by atoms with Crippen LogP contribution in [0, 0.1) is 5.82 Å². The predicted octanol–water partition coefficient (Wildman–Crippen LogP) is 2.62. The van der Waals surface area contributed by atoms with Crippen molar-refractivity contribution in [3.05, 3.63) is 48.0 Å². The second kappa shape index (κ2) is 5.60. The van der Waals surface area contributed by atoms with E-state index in [1.54, 1.807) is 25.6 Å². The number of benzene rings is 1. The lowest BCUT2D eigenvalue weighted by Gasteiger charge is -2.09. The molecule has 0 radical (unpaired) electrons. The fraction of sp³-hybridized carbons (Fsp3) is 0.214. The molecule has 1 aromatic heterocycles. The van der Waals surface area contributed by atoms with Crippen molar-refractivity contribution >= 4 is 0 Å². The second-order valence-electron chi connectivity index (χ2n) is 3.96. The summed E-state index contributed by atoms with van der Waals surface area (Å²) in [7, 11) is 3.44. The second-order valence-corrected chi connectivity index (χ2v) is 3.96. The summed E-state index contributed by atoms with van der Waals surface area (Å²) in [6, 6.07) is 6.43. The Morgan fingerprint density at radius 2 is 2.11 bits per heavy atom. The van der Waals surface area contributed by atoms with Crippen molar-refractivity contribution in [2.45, 2.75) is 6.54 Å². The van der Waals surface area contributed by atoms with E-state index >= 15 is 0 Å². The Labute approximate surface area is 106 Å². The average molecular weight is 246 g/mol. The molecule has 0 unspecified atom stereocenters. The highest BCUT2D eigenvalue weighted by atomic mass is 19.1. The molecule has 94 valence electrons. The van der Waals surface area contributed by atoms with E-state index in [0.717, 1.165) is 17.7 Å². The van der Waals surface area contributed by atoms with Gasteiger partial charge in [-0.3, -0.25) is 4.98 Å². The quantitative estimate of drug-likeness (QED) is 0.900. The Hall–Kier alpha value is -1.94. The van der Waals surface area contributed by atoms with Crippen molar-refractivity contribution < 1.29 is 9.13 Å². The number of halogens is 1. The number of pyridine rings is 1. The lowest BCUT2D eigenvalue weighted by atomic mass is 10.0. The fourth-order valence-corrected chi connectivity index (χ4v) is 1.84. The molecule has 0 saturated heterocycles. The molecule has 4 heteroatoms. The van der Waals surface area contributed by atoms with Gasteiger partial charge in [0.1, 0.15) is 11.6 Å².